The average Bonchev–Trinajstić information content (AvgIpc) is 3.07. The summed E-state index contributed by atoms with van der Waals surface area (Å²) in [5.74, 6) is 0. The normalized spacial score (nSPS) is 12.7. The Labute approximate surface area is 153 Å². The van der Waals surface area contributed by atoms with Gasteiger partial charge in [0.25, 0.3) is 0 Å². The Morgan fingerprint density at radius 3 is 2.69 bits per heavy atom. The lowest BCUT2D eigenvalue weighted by molar-refractivity contribution is -0.0929. The first-order chi connectivity index (χ1) is 12.7. The van der Waals surface area contributed by atoms with Gasteiger partial charge in [0.2, 0.25) is 0 Å². The molecule has 1 atom stereocenters. The van der Waals surface area contributed by atoms with Crippen molar-refractivity contribution in [2.45, 2.75) is 39.4 Å². The highest BCUT2D eigenvalue weighted by atomic mass is 16.6. The molecule has 0 amide bonds. The molecule has 3 rings (SSSR count). The van der Waals surface area contributed by atoms with E-state index in [1.807, 2.05) is 48.7 Å². The number of rotatable bonds is 10. The predicted molar refractivity (Wildman–Crippen MR) is 97.4 cm³/mol. The molecule has 2 aromatic heterocycles. The van der Waals surface area contributed by atoms with Crippen molar-refractivity contribution in [3.05, 3.63) is 54.7 Å². The highest BCUT2D eigenvalue weighted by Crippen LogP contribution is 2.10. The summed E-state index contributed by atoms with van der Waals surface area (Å²) in [6, 6.07) is 10.1. The Balaban J connectivity index is 1.54. The second-order valence-corrected chi connectivity index (χ2v) is 6.25. The zero-order chi connectivity index (χ0) is 18.2. The van der Waals surface area contributed by atoms with Crippen molar-refractivity contribution in [2.24, 2.45) is 0 Å². The number of hydrogen-bond acceptors (Lipinski definition) is 6. The van der Waals surface area contributed by atoms with Crippen LogP contribution in [-0.4, -0.2) is 44.9 Å². The van der Waals surface area contributed by atoms with Crippen molar-refractivity contribution >= 4 is 11.2 Å². The Bertz CT molecular complexity index is 792. The molecule has 26 heavy (non-hydrogen) atoms. The van der Waals surface area contributed by atoms with E-state index in [0.717, 1.165) is 11.1 Å². The van der Waals surface area contributed by atoms with E-state index in [1.165, 1.54) is 6.33 Å². The van der Waals surface area contributed by atoms with E-state index >= 15 is 0 Å². The standard InChI is InChI=1S/C19H24N4O3/c1-15(2)25-11-17(10-24-9-16-6-4-3-5-7-16)26-14-23-13-22-19-18(23)8-20-12-21-19/h3-8,12-13,15,17H,9-11,14H2,1-2H3. The van der Waals surface area contributed by atoms with Gasteiger partial charge in [-0.05, 0) is 19.4 Å². The molecule has 7 nitrogen and oxygen atoms in total. The molecule has 0 aliphatic rings. The molecule has 0 spiro atoms. The maximum absolute atomic E-state index is 6.00. The first kappa shape index (κ1) is 18.4. The highest BCUT2D eigenvalue weighted by Gasteiger charge is 2.13. The second kappa shape index (κ2) is 9.38. The van der Waals surface area contributed by atoms with Crippen LogP contribution >= 0.6 is 0 Å². The van der Waals surface area contributed by atoms with E-state index in [2.05, 4.69) is 15.0 Å². The van der Waals surface area contributed by atoms with Gasteiger partial charge in [-0.15, -0.1) is 0 Å². The van der Waals surface area contributed by atoms with Gasteiger partial charge in [0.05, 0.1) is 38.4 Å². The van der Waals surface area contributed by atoms with Gasteiger partial charge in [-0.1, -0.05) is 30.3 Å². The Morgan fingerprint density at radius 1 is 1.04 bits per heavy atom. The maximum Gasteiger partial charge on any atom is 0.180 e. The Hall–Kier alpha value is -2.35. The van der Waals surface area contributed by atoms with E-state index in [-0.39, 0.29) is 12.2 Å². The summed E-state index contributed by atoms with van der Waals surface area (Å²) < 4.78 is 19.4. The summed E-state index contributed by atoms with van der Waals surface area (Å²) in [7, 11) is 0. The molecular weight excluding hydrogens is 332 g/mol. The molecular formula is C19H24N4O3. The lowest BCUT2D eigenvalue weighted by Gasteiger charge is -2.20. The molecule has 2 heterocycles. The van der Waals surface area contributed by atoms with E-state index in [1.54, 1.807) is 12.5 Å². The maximum atomic E-state index is 6.00. The van der Waals surface area contributed by atoms with Crippen LogP contribution in [0.2, 0.25) is 0 Å². The predicted octanol–water partition coefficient (Wildman–Crippen LogP) is 2.81. The largest absolute Gasteiger partial charge is 0.376 e. The summed E-state index contributed by atoms with van der Waals surface area (Å²) in [5.41, 5.74) is 2.62. The van der Waals surface area contributed by atoms with Crippen molar-refractivity contribution < 1.29 is 14.2 Å². The van der Waals surface area contributed by atoms with Crippen LogP contribution in [0, 0.1) is 0 Å². The molecule has 3 aromatic rings. The van der Waals surface area contributed by atoms with Gasteiger partial charge in [0, 0.05) is 0 Å². The summed E-state index contributed by atoms with van der Waals surface area (Å²) in [6.07, 6.45) is 4.87. The molecule has 0 saturated carbocycles. The van der Waals surface area contributed by atoms with Crippen LogP contribution in [0.5, 0.6) is 0 Å². The van der Waals surface area contributed by atoms with Crippen molar-refractivity contribution in [1.29, 1.82) is 0 Å². The zero-order valence-corrected chi connectivity index (χ0v) is 15.1. The fourth-order valence-electron chi connectivity index (χ4n) is 2.42. The molecule has 0 fully saturated rings. The van der Waals surface area contributed by atoms with Crippen molar-refractivity contribution in [3.63, 3.8) is 0 Å². The molecule has 0 aliphatic carbocycles. The molecule has 0 N–H and O–H groups in total. The summed E-state index contributed by atoms with van der Waals surface area (Å²) >= 11 is 0. The van der Waals surface area contributed by atoms with E-state index in [4.69, 9.17) is 14.2 Å². The molecule has 138 valence electrons. The van der Waals surface area contributed by atoms with Crippen LogP contribution in [0.4, 0.5) is 0 Å². The number of ether oxygens (including phenoxy) is 3. The zero-order valence-electron chi connectivity index (χ0n) is 15.1. The highest BCUT2D eigenvalue weighted by molar-refractivity contribution is 5.68. The van der Waals surface area contributed by atoms with Crippen molar-refractivity contribution in [1.82, 2.24) is 19.5 Å². The quantitative estimate of drug-likeness (QED) is 0.556. The SMILES string of the molecule is CC(C)OCC(COCc1ccccc1)OCn1cnc2ncncc21. The summed E-state index contributed by atoms with van der Waals surface area (Å²) in [4.78, 5) is 12.4. The first-order valence-electron chi connectivity index (χ1n) is 8.68. The number of aromatic nitrogens is 4. The molecule has 0 bridgehead atoms. The fraction of sp³-hybridized carbons (Fsp3) is 0.421. The van der Waals surface area contributed by atoms with Crippen molar-refractivity contribution in [3.8, 4) is 0 Å². The minimum atomic E-state index is -0.178. The number of nitrogens with zero attached hydrogens (tertiary/aromatic N) is 4. The molecule has 7 heteroatoms. The van der Waals surface area contributed by atoms with Gasteiger partial charge in [-0.25, -0.2) is 15.0 Å². The minimum Gasteiger partial charge on any atom is -0.376 e. The fourth-order valence-corrected chi connectivity index (χ4v) is 2.42. The summed E-state index contributed by atoms with van der Waals surface area (Å²) in [5, 5.41) is 0. The van der Waals surface area contributed by atoms with Crippen LogP contribution in [0.15, 0.2) is 49.2 Å². The van der Waals surface area contributed by atoms with Gasteiger partial charge in [0.1, 0.15) is 24.7 Å². The number of hydrogen-bond donors (Lipinski definition) is 0. The van der Waals surface area contributed by atoms with Crippen LogP contribution in [0.25, 0.3) is 11.2 Å². The van der Waals surface area contributed by atoms with Gasteiger partial charge in [0.15, 0.2) is 5.65 Å². The number of imidazole rings is 1. The molecule has 0 saturated heterocycles. The van der Waals surface area contributed by atoms with E-state index in [9.17, 15) is 0 Å². The van der Waals surface area contributed by atoms with Crippen LogP contribution in [0.3, 0.4) is 0 Å². The molecule has 0 radical (unpaired) electrons. The molecule has 1 unspecified atom stereocenters. The average molecular weight is 356 g/mol. The number of fused-ring (bicyclic) bond motifs is 1. The van der Waals surface area contributed by atoms with E-state index in [0.29, 0.717) is 32.2 Å². The lowest BCUT2D eigenvalue weighted by atomic mass is 10.2. The van der Waals surface area contributed by atoms with E-state index < -0.39 is 0 Å². The third-order valence-corrected chi connectivity index (χ3v) is 3.78. The van der Waals surface area contributed by atoms with Crippen molar-refractivity contribution in [2.75, 3.05) is 13.2 Å². The van der Waals surface area contributed by atoms with Gasteiger partial charge < -0.3 is 18.8 Å². The number of benzene rings is 1. The monoisotopic (exact) mass is 356 g/mol. The Morgan fingerprint density at radius 2 is 1.88 bits per heavy atom. The summed E-state index contributed by atoms with van der Waals surface area (Å²) in [6.45, 7) is 5.81. The lowest BCUT2D eigenvalue weighted by Crippen LogP contribution is -2.28. The van der Waals surface area contributed by atoms with Crippen LogP contribution in [0.1, 0.15) is 19.4 Å². The van der Waals surface area contributed by atoms with Crippen LogP contribution < -0.4 is 0 Å². The first-order valence-corrected chi connectivity index (χ1v) is 8.68. The topological polar surface area (TPSA) is 71.3 Å². The van der Waals surface area contributed by atoms with Gasteiger partial charge in [-0.3, -0.25) is 0 Å². The van der Waals surface area contributed by atoms with Gasteiger partial charge >= 0.3 is 0 Å². The Kier molecular flexibility index (Phi) is 6.65. The third-order valence-electron chi connectivity index (χ3n) is 3.78. The smallest absolute Gasteiger partial charge is 0.180 e. The minimum absolute atomic E-state index is 0.137. The molecule has 1 aromatic carbocycles. The molecule has 0 aliphatic heterocycles. The second-order valence-electron chi connectivity index (χ2n) is 6.25. The van der Waals surface area contributed by atoms with Gasteiger partial charge in [-0.2, -0.15) is 0 Å². The third kappa shape index (κ3) is 5.32. The van der Waals surface area contributed by atoms with Crippen LogP contribution in [-0.2, 0) is 27.5 Å².